The van der Waals surface area contributed by atoms with Crippen LogP contribution in [0.5, 0.6) is 5.75 Å². The van der Waals surface area contributed by atoms with Crippen LogP contribution in [0.25, 0.3) is 0 Å². The molecule has 1 amide bonds. The van der Waals surface area contributed by atoms with Gasteiger partial charge in [-0.25, -0.2) is 0 Å². The molecule has 0 aliphatic carbocycles. The normalized spacial score (nSPS) is 19.8. The maximum absolute atomic E-state index is 11.9. The van der Waals surface area contributed by atoms with E-state index < -0.39 is 0 Å². The summed E-state index contributed by atoms with van der Waals surface area (Å²) >= 11 is 0. The molecule has 1 heterocycles. The number of ether oxygens (including phenoxy) is 1. The fourth-order valence-electron chi connectivity index (χ4n) is 2.46. The second kappa shape index (κ2) is 7.17. The van der Waals surface area contributed by atoms with Crippen molar-refractivity contribution >= 4 is 11.6 Å². The topological polar surface area (TPSA) is 55.6 Å². The number of nitrogens with two attached hydrogens (primary N) is 1. The van der Waals surface area contributed by atoms with Crippen LogP contribution in [0.1, 0.15) is 32.6 Å². The van der Waals surface area contributed by atoms with Crippen molar-refractivity contribution in [2.75, 3.05) is 25.4 Å². The molecule has 1 saturated heterocycles. The Labute approximate surface area is 120 Å². The highest BCUT2D eigenvalue weighted by Gasteiger charge is 2.19. The van der Waals surface area contributed by atoms with Gasteiger partial charge in [-0.05, 0) is 37.3 Å². The van der Waals surface area contributed by atoms with Crippen molar-refractivity contribution in [3.63, 3.8) is 0 Å². The van der Waals surface area contributed by atoms with E-state index in [0.717, 1.165) is 38.1 Å². The highest BCUT2D eigenvalue weighted by atomic mass is 16.5. The Balaban J connectivity index is 1.71. The fraction of sp³-hybridized carbons (Fsp3) is 0.562. The molecule has 2 rings (SSSR count). The standard InChI is InChI=1S/C16H24N2O2/c1-13-6-7-16(19)18(10-8-13)9-3-11-20-15-5-2-4-14(17)12-15/h2,4-5,12-13H,3,6-11,17H2,1H3. The number of hydrogen-bond donors (Lipinski definition) is 1. The predicted molar refractivity (Wildman–Crippen MR) is 80.6 cm³/mol. The minimum atomic E-state index is 0.290. The molecule has 0 bridgehead atoms. The summed E-state index contributed by atoms with van der Waals surface area (Å²) in [4.78, 5) is 13.9. The Morgan fingerprint density at radius 3 is 3.05 bits per heavy atom. The van der Waals surface area contributed by atoms with Gasteiger partial charge in [-0.3, -0.25) is 4.79 Å². The third-order valence-electron chi connectivity index (χ3n) is 3.79. The van der Waals surface area contributed by atoms with Crippen molar-refractivity contribution in [3.8, 4) is 5.75 Å². The van der Waals surface area contributed by atoms with E-state index in [2.05, 4.69) is 6.92 Å². The zero-order valence-corrected chi connectivity index (χ0v) is 12.2. The lowest BCUT2D eigenvalue weighted by Gasteiger charge is -2.20. The van der Waals surface area contributed by atoms with Crippen LogP contribution in [0.2, 0.25) is 0 Å². The molecular weight excluding hydrogens is 252 g/mol. The number of benzene rings is 1. The maximum atomic E-state index is 11.9. The van der Waals surface area contributed by atoms with E-state index in [4.69, 9.17) is 10.5 Å². The minimum absolute atomic E-state index is 0.290. The molecule has 1 unspecified atom stereocenters. The Morgan fingerprint density at radius 1 is 1.40 bits per heavy atom. The molecule has 1 aliphatic heterocycles. The molecule has 1 atom stereocenters. The number of rotatable bonds is 5. The first-order valence-electron chi connectivity index (χ1n) is 7.41. The molecular formula is C16H24N2O2. The van der Waals surface area contributed by atoms with Crippen LogP contribution in [0.15, 0.2) is 24.3 Å². The summed E-state index contributed by atoms with van der Waals surface area (Å²) in [6.45, 7) is 4.51. The second-order valence-corrected chi connectivity index (χ2v) is 5.59. The number of carbonyl (C=O) groups is 1. The highest BCUT2D eigenvalue weighted by Crippen LogP contribution is 2.18. The summed E-state index contributed by atoms with van der Waals surface area (Å²) in [6, 6.07) is 7.43. The van der Waals surface area contributed by atoms with Crippen LogP contribution in [0.4, 0.5) is 5.69 Å². The monoisotopic (exact) mass is 276 g/mol. The molecule has 0 spiro atoms. The fourth-order valence-corrected chi connectivity index (χ4v) is 2.46. The highest BCUT2D eigenvalue weighted by molar-refractivity contribution is 5.76. The van der Waals surface area contributed by atoms with E-state index in [9.17, 15) is 4.79 Å². The Morgan fingerprint density at radius 2 is 2.25 bits per heavy atom. The lowest BCUT2D eigenvalue weighted by atomic mass is 10.0. The Kier molecular flexibility index (Phi) is 5.27. The van der Waals surface area contributed by atoms with E-state index >= 15 is 0 Å². The number of nitrogen functional groups attached to an aromatic ring is 1. The number of anilines is 1. The van der Waals surface area contributed by atoms with Crippen LogP contribution in [0, 0.1) is 5.92 Å². The summed E-state index contributed by atoms with van der Waals surface area (Å²) in [5.41, 5.74) is 6.40. The van der Waals surface area contributed by atoms with Crippen molar-refractivity contribution in [3.05, 3.63) is 24.3 Å². The van der Waals surface area contributed by atoms with Crippen LogP contribution < -0.4 is 10.5 Å². The molecule has 2 N–H and O–H groups in total. The largest absolute Gasteiger partial charge is 0.493 e. The van der Waals surface area contributed by atoms with Gasteiger partial charge in [0.1, 0.15) is 5.75 Å². The zero-order valence-electron chi connectivity index (χ0n) is 12.2. The van der Waals surface area contributed by atoms with Gasteiger partial charge in [0.25, 0.3) is 0 Å². The average Bonchev–Trinajstić information content (AvgIpc) is 2.58. The first-order valence-corrected chi connectivity index (χ1v) is 7.41. The lowest BCUT2D eigenvalue weighted by Crippen LogP contribution is -2.32. The van der Waals surface area contributed by atoms with Gasteiger partial charge >= 0.3 is 0 Å². The number of carbonyl (C=O) groups excluding carboxylic acids is 1. The van der Waals surface area contributed by atoms with Crippen LogP contribution >= 0.6 is 0 Å². The molecule has 1 fully saturated rings. The summed E-state index contributed by atoms with van der Waals surface area (Å²) in [5, 5.41) is 0. The molecule has 0 radical (unpaired) electrons. The van der Waals surface area contributed by atoms with Crippen molar-refractivity contribution < 1.29 is 9.53 Å². The van der Waals surface area contributed by atoms with Crippen LogP contribution in [0.3, 0.4) is 0 Å². The molecule has 1 aliphatic rings. The molecule has 1 aromatic rings. The number of likely N-dealkylation sites (tertiary alicyclic amines) is 1. The molecule has 4 heteroatoms. The van der Waals surface area contributed by atoms with Gasteiger partial charge in [-0.15, -0.1) is 0 Å². The number of nitrogens with zero attached hydrogens (tertiary/aromatic N) is 1. The molecule has 110 valence electrons. The van der Waals surface area contributed by atoms with Crippen LogP contribution in [-0.4, -0.2) is 30.5 Å². The summed E-state index contributed by atoms with van der Waals surface area (Å²) in [5.74, 6) is 1.74. The van der Waals surface area contributed by atoms with E-state index in [1.807, 2.05) is 29.2 Å². The van der Waals surface area contributed by atoms with E-state index in [0.29, 0.717) is 30.5 Å². The third-order valence-corrected chi connectivity index (χ3v) is 3.79. The van der Waals surface area contributed by atoms with Gasteiger partial charge in [0, 0.05) is 31.3 Å². The lowest BCUT2D eigenvalue weighted by molar-refractivity contribution is -0.130. The number of hydrogen-bond acceptors (Lipinski definition) is 3. The Hall–Kier alpha value is -1.71. The predicted octanol–water partition coefficient (Wildman–Crippen LogP) is 2.69. The van der Waals surface area contributed by atoms with Gasteiger partial charge in [-0.2, -0.15) is 0 Å². The van der Waals surface area contributed by atoms with Gasteiger partial charge < -0.3 is 15.4 Å². The smallest absolute Gasteiger partial charge is 0.222 e. The van der Waals surface area contributed by atoms with Crippen molar-refractivity contribution in [2.45, 2.75) is 32.6 Å². The summed E-state index contributed by atoms with van der Waals surface area (Å²) < 4.78 is 5.65. The van der Waals surface area contributed by atoms with E-state index in [-0.39, 0.29) is 0 Å². The first kappa shape index (κ1) is 14.7. The average molecular weight is 276 g/mol. The molecule has 1 aromatic carbocycles. The van der Waals surface area contributed by atoms with Crippen molar-refractivity contribution in [1.29, 1.82) is 0 Å². The van der Waals surface area contributed by atoms with Crippen molar-refractivity contribution in [2.24, 2.45) is 5.92 Å². The van der Waals surface area contributed by atoms with E-state index in [1.54, 1.807) is 0 Å². The van der Waals surface area contributed by atoms with Crippen molar-refractivity contribution in [1.82, 2.24) is 4.90 Å². The van der Waals surface area contributed by atoms with Crippen LogP contribution in [-0.2, 0) is 4.79 Å². The second-order valence-electron chi connectivity index (χ2n) is 5.59. The molecule has 0 aromatic heterocycles. The first-order chi connectivity index (χ1) is 9.65. The van der Waals surface area contributed by atoms with E-state index in [1.165, 1.54) is 0 Å². The minimum Gasteiger partial charge on any atom is -0.493 e. The van der Waals surface area contributed by atoms with Gasteiger partial charge in [0.05, 0.1) is 6.61 Å². The summed E-state index contributed by atoms with van der Waals surface area (Å²) in [6.07, 6.45) is 3.68. The van der Waals surface area contributed by atoms with Gasteiger partial charge in [0.15, 0.2) is 0 Å². The molecule has 0 saturated carbocycles. The maximum Gasteiger partial charge on any atom is 0.222 e. The SMILES string of the molecule is CC1CCC(=O)N(CCCOc2cccc(N)c2)CC1. The molecule has 4 nitrogen and oxygen atoms in total. The zero-order chi connectivity index (χ0) is 14.4. The van der Waals surface area contributed by atoms with Gasteiger partial charge in [0.2, 0.25) is 5.91 Å². The third kappa shape index (κ3) is 4.44. The quantitative estimate of drug-likeness (QED) is 0.664. The molecule has 20 heavy (non-hydrogen) atoms. The number of amides is 1. The Bertz CT molecular complexity index is 448. The summed E-state index contributed by atoms with van der Waals surface area (Å²) in [7, 11) is 0. The van der Waals surface area contributed by atoms with Gasteiger partial charge in [-0.1, -0.05) is 13.0 Å².